The van der Waals surface area contributed by atoms with E-state index in [-0.39, 0.29) is 5.91 Å². The second kappa shape index (κ2) is 10.8. The van der Waals surface area contributed by atoms with Gasteiger partial charge in [-0.25, -0.2) is 0 Å². The third-order valence-electron chi connectivity index (χ3n) is 5.07. The van der Waals surface area contributed by atoms with E-state index < -0.39 is 0 Å². The fraction of sp³-hybridized carbons (Fsp3) is 0.455. The molecule has 1 N–H and O–H groups in total. The zero-order chi connectivity index (χ0) is 18.7. The van der Waals surface area contributed by atoms with Gasteiger partial charge in [0.2, 0.25) is 0 Å². The standard InChI is InChI=1S/C22H29N3O2/c26-22(21-10-4-5-13-23-21)24-14-6-9-20(25-15-17-27-18-16-25)12-11-19-7-2-1-3-8-19/h1-5,7-8,10,13,20H,6,9,11-12,14-18H2,(H,24,26). The minimum absolute atomic E-state index is 0.0946. The number of rotatable bonds is 9. The van der Waals surface area contributed by atoms with E-state index in [1.54, 1.807) is 12.3 Å². The molecule has 27 heavy (non-hydrogen) atoms. The molecule has 1 aromatic heterocycles. The highest BCUT2D eigenvalue weighted by Crippen LogP contribution is 2.16. The molecule has 3 rings (SSSR count). The Hall–Kier alpha value is -2.24. The number of benzene rings is 1. The monoisotopic (exact) mass is 367 g/mol. The summed E-state index contributed by atoms with van der Waals surface area (Å²) in [5.41, 5.74) is 1.87. The summed E-state index contributed by atoms with van der Waals surface area (Å²) in [6, 6.07) is 16.6. The summed E-state index contributed by atoms with van der Waals surface area (Å²) in [6.07, 6.45) is 5.92. The summed E-state index contributed by atoms with van der Waals surface area (Å²) in [5.74, 6) is -0.0946. The van der Waals surface area contributed by atoms with Crippen LogP contribution in [0.15, 0.2) is 54.7 Å². The Kier molecular flexibility index (Phi) is 7.81. The van der Waals surface area contributed by atoms with Crippen LogP contribution >= 0.6 is 0 Å². The van der Waals surface area contributed by atoms with Crippen LogP contribution in [0.4, 0.5) is 0 Å². The number of nitrogens with one attached hydrogen (secondary N) is 1. The molecule has 1 aliphatic heterocycles. The summed E-state index contributed by atoms with van der Waals surface area (Å²) in [4.78, 5) is 18.7. The number of hydrogen-bond acceptors (Lipinski definition) is 4. The van der Waals surface area contributed by atoms with Crippen LogP contribution in [-0.4, -0.2) is 54.7 Å². The lowest BCUT2D eigenvalue weighted by Gasteiger charge is -2.34. The number of nitrogens with zero attached hydrogens (tertiary/aromatic N) is 2. The Morgan fingerprint density at radius 3 is 2.59 bits per heavy atom. The molecular weight excluding hydrogens is 338 g/mol. The largest absolute Gasteiger partial charge is 0.379 e. The SMILES string of the molecule is O=C(NCCCC(CCc1ccccc1)N1CCOCC1)c1ccccn1. The van der Waals surface area contributed by atoms with Crippen LogP contribution in [0, 0.1) is 0 Å². The maximum atomic E-state index is 12.1. The maximum absolute atomic E-state index is 12.1. The number of amides is 1. The van der Waals surface area contributed by atoms with Gasteiger partial charge in [-0.3, -0.25) is 14.7 Å². The lowest BCUT2D eigenvalue weighted by atomic mass is 9.99. The number of ether oxygens (including phenoxy) is 1. The van der Waals surface area contributed by atoms with Gasteiger partial charge in [-0.15, -0.1) is 0 Å². The number of carbonyl (C=O) groups is 1. The molecule has 0 saturated carbocycles. The van der Waals surface area contributed by atoms with Crippen molar-refractivity contribution in [1.82, 2.24) is 15.2 Å². The van der Waals surface area contributed by atoms with Gasteiger partial charge in [-0.2, -0.15) is 0 Å². The molecule has 0 radical (unpaired) electrons. The Balaban J connectivity index is 1.46. The van der Waals surface area contributed by atoms with Crippen molar-refractivity contribution in [2.24, 2.45) is 0 Å². The van der Waals surface area contributed by atoms with Gasteiger partial charge in [-0.1, -0.05) is 36.4 Å². The maximum Gasteiger partial charge on any atom is 0.269 e. The number of carbonyl (C=O) groups excluding carboxylic acids is 1. The zero-order valence-corrected chi connectivity index (χ0v) is 15.8. The highest BCUT2D eigenvalue weighted by Gasteiger charge is 2.20. The first-order valence-electron chi connectivity index (χ1n) is 9.88. The summed E-state index contributed by atoms with van der Waals surface area (Å²) in [7, 11) is 0. The van der Waals surface area contributed by atoms with Gasteiger partial charge in [0, 0.05) is 31.9 Å². The first-order chi connectivity index (χ1) is 13.3. The summed E-state index contributed by atoms with van der Waals surface area (Å²) in [6.45, 7) is 4.32. The molecule has 0 bridgehead atoms. The molecule has 1 unspecified atom stereocenters. The van der Waals surface area contributed by atoms with Crippen molar-refractivity contribution in [3.63, 3.8) is 0 Å². The van der Waals surface area contributed by atoms with Crippen LogP contribution in [-0.2, 0) is 11.2 Å². The molecule has 1 atom stereocenters. The fourth-order valence-electron chi connectivity index (χ4n) is 3.56. The third-order valence-corrected chi connectivity index (χ3v) is 5.07. The Bertz CT molecular complexity index is 672. The molecule has 1 aliphatic rings. The molecule has 0 spiro atoms. The lowest BCUT2D eigenvalue weighted by molar-refractivity contribution is 0.0126. The van der Waals surface area contributed by atoms with E-state index in [0.717, 1.165) is 52.0 Å². The second-order valence-electron chi connectivity index (χ2n) is 6.94. The van der Waals surface area contributed by atoms with Crippen LogP contribution in [0.3, 0.4) is 0 Å². The Morgan fingerprint density at radius 1 is 1.07 bits per heavy atom. The highest BCUT2D eigenvalue weighted by atomic mass is 16.5. The Morgan fingerprint density at radius 2 is 1.85 bits per heavy atom. The molecule has 5 nitrogen and oxygen atoms in total. The van der Waals surface area contributed by atoms with E-state index in [0.29, 0.717) is 18.3 Å². The summed E-state index contributed by atoms with van der Waals surface area (Å²) >= 11 is 0. The Labute approximate surface area is 161 Å². The van der Waals surface area contributed by atoms with E-state index in [4.69, 9.17) is 4.74 Å². The van der Waals surface area contributed by atoms with Crippen molar-refractivity contribution < 1.29 is 9.53 Å². The fourth-order valence-corrected chi connectivity index (χ4v) is 3.56. The van der Waals surface area contributed by atoms with Crippen molar-refractivity contribution >= 4 is 5.91 Å². The van der Waals surface area contributed by atoms with Crippen molar-refractivity contribution in [2.45, 2.75) is 31.7 Å². The number of aryl methyl sites for hydroxylation is 1. The van der Waals surface area contributed by atoms with E-state index in [1.807, 2.05) is 12.1 Å². The van der Waals surface area contributed by atoms with Crippen LogP contribution < -0.4 is 5.32 Å². The van der Waals surface area contributed by atoms with Gasteiger partial charge >= 0.3 is 0 Å². The van der Waals surface area contributed by atoms with Crippen LogP contribution in [0.25, 0.3) is 0 Å². The number of morpholine rings is 1. The molecule has 144 valence electrons. The number of pyridine rings is 1. The summed E-state index contributed by atoms with van der Waals surface area (Å²) in [5, 5.41) is 2.99. The molecule has 1 fully saturated rings. The first kappa shape index (κ1) is 19.5. The zero-order valence-electron chi connectivity index (χ0n) is 15.8. The molecule has 1 saturated heterocycles. The number of hydrogen-bond donors (Lipinski definition) is 1. The first-order valence-corrected chi connectivity index (χ1v) is 9.88. The predicted octanol–water partition coefficient (Wildman–Crippen LogP) is 2.93. The van der Waals surface area contributed by atoms with E-state index in [2.05, 4.69) is 45.5 Å². The normalized spacial score (nSPS) is 16.0. The molecular formula is C22H29N3O2. The van der Waals surface area contributed by atoms with Gasteiger partial charge in [0.05, 0.1) is 13.2 Å². The van der Waals surface area contributed by atoms with Crippen molar-refractivity contribution in [3.05, 3.63) is 66.0 Å². The minimum atomic E-state index is -0.0946. The quantitative estimate of drug-likeness (QED) is 0.693. The van der Waals surface area contributed by atoms with Gasteiger partial charge in [0.15, 0.2) is 0 Å². The molecule has 1 aromatic carbocycles. The van der Waals surface area contributed by atoms with Crippen LogP contribution in [0.5, 0.6) is 0 Å². The van der Waals surface area contributed by atoms with Crippen molar-refractivity contribution in [3.8, 4) is 0 Å². The molecule has 5 heteroatoms. The molecule has 1 amide bonds. The highest BCUT2D eigenvalue weighted by molar-refractivity contribution is 5.92. The van der Waals surface area contributed by atoms with Crippen LogP contribution in [0.2, 0.25) is 0 Å². The third kappa shape index (κ3) is 6.45. The molecule has 2 aromatic rings. The summed E-state index contributed by atoms with van der Waals surface area (Å²) < 4.78 is 5.51. The minimum Gasteiger partial charge on any atom is -0.379 e. The van der Waals surface area contributed by atoms with E-state index >= 15 is 0 Å². The van der Waals surface area contributed by atoms with Crippen molar-refractivity contribution in [1.29, 1.82) is 0 Å². The van der Waals surface area contributed by atoms with E-state index in [9.17, 15) is 4.79 Å². The van der Waals surface area contributed by atoms with Gasteiger partial charge in [-0.05, 0) is 43.4 Å². The molecule has 0 aliphatic carbocycles. The predicted molar refractivity (Wildman–Crippen MR) is 107 cm³/mol. The lowest BCUT2D eigenvalue weighted by Crippen LogP contribution is -2.44. The van der Waals surface area contributed by atoms with E-state index in [1.165, 1.54) is 5.56 Å². The number of aromatic nitrogens is 1. The molecule has 2 heterocycles. The smallest absolute Gasteiger partial charge is 0.269 e. The average Bonchev–Trinajstić information content (AvgIpc) is 2.75. The van der Waals surface area contributed by atoms with Crippen LogP contribution in [0.1, 0.15) is 35.3 Å². The average molecular weight is 367 g/mol. The van der Waals surface area contributed by atoms with Gasteiger partial charge in [0.25, 0.3) is 5.91 Å². The van der Waals surface area contributed by atoms with Gasteiger partial charge in [0.1, 0.15) is 5.69 Å². The van der Waals surface area contributed by atoms with Gasteiger partial charge < -0.3 is 10.1 Å². The topological polar surface area (TPSA) is 54.5 Å². The van der Waals surface area contributed by atoms with Crippen molar-refractivity contribution in [2.75, 3.05) is 32.8 Å². The second-order valence-corrected chi connectivity index (χ2v) is 6.94.